The van der Waals surface area contributed by atoms with Gasteiger partial charge in [-0.2, -0.15) is 0 Å². The molecule has 0 spiro atoms. The van der Waals surface area contributed by atoms with E-state index in [1.165, 1.54) is 12.1 Å². The van der Waals surface area contributed by atoms with Crippen molar-refractivity contribution in [2.75, 3.05) is 12.3 Å². The van der Waals surface area contributed by atoms with E-state index in [0.717, 1.165) is 0 Å². The second-order valence-electron chi connectivity index (χ2n) is 4.70. The van der Waals surface area contributed by atoms with Crippen molar-refractivity contribution in [3.8, 4) is 0 Å². The lowest BCUT2D eigenvalue weighted by Crippen LogP contribution is -2.42. The maximum Gasteiger partial charge on any atom is 0.251 e. The fourth-order valence-electron chi connectivity index (χ4n) is 1.23. The Bertz CT molecular complexity index is 466. The number of hydrogen-bond acceptors (Lipinski definition) is 3. The van der Waals surface area contributed by atoms with Gasteiger partial charge in [0.25, 0.3) is 5.91 Å². The number of carbonyl (C=O) groups excluding carboxylic acids is 2. The molecule has 0 aliphatic heterocycles. The summed E-state index contributed by atoms with van der Waals surface area (Å²) >= 11 is 5.80. The minimum atomic E-state index is -0.806. The predicted octanol–water partition coefficient (Wildman–Crippen LogP) is 1.16. The van der Waals surface area contributed by atoms with Crippen LogP contribution in [-0.4, -0.2) is 18.4 Å². The zero-order valence-electron chi connectivity index (χ0n) is 10.3. The predicted molar refractivity (Wildman–Crippen MR) is 71.2 cm³/mol. The number of benzene rings is 1. The third-order valence-corrected chi connectivity index (χ3v) is 2.76. The molecule has 0 saturated carbocycles. The molecule has 0 aliphatic carbocycles. The summed E-state index contributed by atoms with van der Waals surface area (Å²) in [7, 11) is 0. The third-order valence-electron chi connectivity index (χ3n) is 2.54. The maximum atomic E-state index is 11.8. The highest BCUT2D eigenvalue weighted by atomic mass is 35.5. The van der Waals surface area contributed by atoms with Gasteiger partial charge in [0, 0.05) is 22.8 Å². The topological polar surface area (TPSA) is 98.2 Å². The second-order valence-corrected chi connectivity index (χ2v) is 5.14. The first-order valence-electron chi connectivity index (χ1n) is 5.36. The Labute approximate surface area is 110 Å². The third kappa shape index (κ3) is 3.63. The Kier molecular flexibility index (Phi) is 4.19. The van der Waals surface area contributed by atoms with Gasteiger partial charge in [0.2, 0.25) is 5.91 Å². The molecule has 0 bridgehead atoms. The lowest BCUT2D eigenvalue weighted by atomic mass is 9.92. The van der Waals surface area contributed by atoms with Gasteiger partial charge in [0.05, 0.1) is 5.41 Å². The molecule has 6 heteroatoms. The molecule has 0 saturated heterocycles. The molecular formula is C12H16ClN3O2. The molecule has 0 heterocycles. The molecule has 0 radical (unpaired) electrons. The van der Waals surface area contributed by atoms with Gasteiger partial charge >= 0.3 is 0 Å². The lowest BCUT2D eigenvalue weighted by molar-refractivity contribution is -0.125. The summed E-state index contributed by atoms with van der Waals surface area (Å²) in [5.41, 5.74) is 10.7. The summed E-state index contributed by atoms with van der Waals surface area (Å²) in [5.74, 6) is -0.827. The fourth-order valence-corrected chi connectivity index (χ4v) is 1.48. The van der Waals surface area contributed by atoms with Crippen molar-refractivity contribution in [2.24, 2.45) is 11.1 Å². The Balaban J connectivity index is 2.75. The smallest absolute Gasteiger partial charge is 0.251 e. The van der Waals surface area contributed by atoms with Crippen LogP contribution in [0.4, 0.5) is 5.69 Å². The Hall–Kier alpha value is -1.75. The largest absolute Gasteiger partial charge is 0.399 e. The Morgan fingerprint density at radius 2 is 1.94 bits per heavy atom. The number of nitrogens with one attached hydrogen (secondary N) is 1. The lowest BCUT2D eigenvalue weighted by Gasteiger charge is -2.20. The van der Waals surface area contributed by atoms with Gasteiger partial charge in [-0.15, -0.1) is 0 Å². The number of hydrogen-bond donors (Lipinski definition) is 3. The zero-order chi connectivity index (χ0) is 13.9. The minimum Gasteiger partial charge on any atom is -0.399 e. The molecule has 1 aromatic rings. The van der Waals surface area contributed by atoms with Crippen molar-refractivity contribution in [3.63, 3.8) is 0 Å². The molecule has 1 rings (SSSR count). The van der Waals surface area contributed by atoms with E-state index >= 15 is 0 Å². The first kappa shape index (κ1) is 14.3. The van der Waals surface area contributed by atoms with Gasteiger partial charge in [-0.1, -0.05) is 11.6 Å². The minimum absolute atomic E-state index is 0.146. The molecule has 2 amide bonds. The van der Waals surface area contributed by atoms with Crippen LogP contribution in [0.15, 0.2) is 18.2 Å². The summed E-state index contributed by atoms with van der Waals surface area (Å²) in [6.07, 6.45) is 0. The van der Waals surface area contributed by atoms with Gasteiger partial charge in [-0.05, 0) is 32.0 Å². The number of primary amides is 1. The van der Waals surface area contributed by atoms with E-state index in [9.17, 15) is 9.59 Å². The normalized spacial score (nSPS) is 11.1. The van der Waals surface area contributed by atoms with Crippen LogP contribution in [0, 0.1) is 5.41 Å². The SMILES string of the molecule is CC(C)(CNC(=O)c1cc(N)cc(Cl)c1)C(N)=O. The maximum absolute atomic E-state index is 11.8. The van der Waals surface area contributed by atoms with Crippen LogP contribution in [0.25, 0.3) is 0 Å². The number of nitrogens with two attached hydrogens (primary N) is 2. The zero-order valence-corrected chi connectivity index (χ0v) is 11.0. The summed E-state index contributed by atoms with van der Waals surface area (Å²) in [6.45, 7) is 3.46. The number of amides is 2. The quantitative estimate of drug-likeness (QED) is 0.716. The summed E-state index contributed by atoms with van der Waals surface area (Å²) < 4.78 is 0. The number of anilines is 1. The highest BCUT2D eigenvalue weighted by Crippen LogP contribution is 2.17. The van der Waals surface area contributed by atoms with E-state index in [4.69, 9.17) is 23.1 Å². The second kappa shape index (κ2) is 5.27. The molecule has 0 unspecified atom stereocenters. The van der Waals surface area contributed by atoms with Crippen LogP contribution in [-0.2, 0) is 4.79 Å². The molecule has 1 aromatic carbocycles. The standard InChI is InChI=1S/C12H16ClN3O2/c1-12(2,11(15)18)6-16-10(17)7-3-8(13)5-9(14)4-7/h3-5H,6,14H2,1-2H3,(H2,15,18)(H,16,17). The van der Waals surface area contributed by atoms with Gasteiger partial charge < -0.3 is 16.8 Å². The highest BCUT2D eigenvalue weighted by Gasteiger charge is 2.25. The van der Waals surface area contributed by atoms with Crippen molar-refractivity contribution in [1.82, 2.24) is 5.32 Å². The van der Waals surface area contributed by atoms with Gasteiger partial charge in [-0.3, -0.25) is 9.59 Å². The van der Waals surface area contributed by atoms with Crippen molar-refractivity contribution in [3.05, 3.63) is 28.8 Å². The number of nitrogen functional groups attached to an aromatic ring is 1. The first-order chi connectivity index (χ1) is 8.22. The van der Waals surface area contributed by atoms with Crippen molar-refractivity contribution in [1.29, 1.82) is 0 Å². The van der Waals surface area contributed by atoms with Crippen molar-refractivity contribution in [2.45, 2.75) is 13.8 Å². The average Bonchev–Trinajstić information content (AvgIpc) is 2.24. The molecule has 0 atom stereocenters. The number of rotatable bonds is 4. The van der Waals surface area contributed by atoms with Gasteiger partial charge in [0.15, 0.2) is 0 Å². The van der Waals surface area contributed by atoms with Crippen LogP contribution < -0.4 is 16.8 Å². The molecule has 0 aliphatic rings. The van der Waals surface area contributed by atoms with Crippen LogP contribution in [0.5, 0.6) is 0 Å². The van der Waals surface area contributed by atoms with Crippen molar-refractivity contribution >= 4 is 29.1 Å². The Morgan fingerprint density at radius 3 is 2.44 bits per heavy atom. The first-order valence-corrected chi connectivity index (χ1v) is 5.74. The summed E-state index contributed by atoms with van der Waals surface area (Å²) in [4.78, 5) is 22.9. The summed E-state index contributed by atoms with van der Waals surface area (Å²) in [5, 5.41) is 3.00. The van der Waals surface area contributed by atoms with E-state index in [-0.39, 0.29) is 12.5 Å². The summed E-state index contributed by atoms with van der Waals surface area (Å²) in [6, 6.07) is 4.56. The number of carbonyl (C=O) groups is 2. The molecule has 5 N–H and O–H groups in total. The van der Waals surface area contributed by atoms with Crippen molar-refractivity contribution < 1.29 is 9.59 Å². The van der Waals surface area contributed by atoms with E-state index in [1.54, 1.807) is 19.9 Å². The Morgan fingerprint density at radius 1 is 1.33 bits per heavy atom. The van der Waals surface area contributed by atoms with Crippen LogP contribution in [0.1, 0.15) is 24.2 Å². The molecular weight excluding hydrogens is 254 g/mol. The van der Waals surface area contributed by atoms with Crippen LogP contribution in [0.2, 0.25) is 5.02 Å². The van der Waals surface area contributed by atoms with Gasteiger partial charge in [-0.25, -0.2) is 0 Å². The van der Waals surface area contributed by atoms with E-state index < -0.39 is 11.3 Å². The van der Waals surface area contributed by atoms with Gasteiger partial charge in [0.1, 0.15) is 0 Å². The monoisotopic (exact) mass is 269 g/mol. The molecule has 0 fully saturated rings. The van der Waals surface area contributed by atoms with E-state index in [0.29, 0.717) is 16.3 Å². The molecule has 5 nitrogen and oxygen atoms in total. The highest BCUT2D eigenvalue weighted by molar-refractivity contribution is 6.31. The molecule has 0 aromatic heterocycles. The van der Waals surface area contributed by atoms with E-state index in [2.05, 4.69) is 5.32 Å². The molecule has 18 heavy (non-hydrogen) atoms. The average molecular weight is 270 g/mol. The van der Waals surface area contributed by atoms with Crippen LogP contribution in [0.3, 0.4) is 0 Å². The number of halogens is 1. The molecule has 98 valence electrons. The van der Waals surface area contributed by atoms with Crippen LogP contribution >= 0.6 is 11.6 Å². The van der Waals surface area contributed by atoms with E-state index in [1.807, 2.05) is 0 Å². The fraction of sp³-hybridized carbons (Fsp3) is 0.333.